The molecule has 3 aliphatic heterocycles. The van der Waals surface area contributed by atoms with E-state index in [0.29, 0.717) is 33.4 Å². The van der Waals surface area contributed by atoms with Crippen molar-refractivity contribution in [1.82, 2.24) is 9.47 Å². The number of aromatic carboxylic acids is 1. The summed E-state index contributed by atoms with van der Waals surface area (Å²) >= 11 is 7.97. The number of nitrogens with zero attached hydrogens (tertiary/aromatic N) is 6. The number of carboxylic acids is 1. The van der Waals surface area contributed by atoms with Gasteiger partial charge in [-0.25, -0.2) is 9.36 Å². The molecule has 6 aromatic rings. The molecule has 0 amide bonds. The third-order valence-electron chi connectivity index (χ3n) is 13.7. The maximum atomic E-state index is 14.8. The molecule has 2 saturated heterocycles. The Morgan fingerprint density at radius 3 is 2.20 bits per heavy atom. The van der Waals surface area contributed by atoms with Crippen molar-refractivity contribution in [3.05, 3.63) is 160 Å². The zero-order chi connectivity index (χ0) is 49.8. The van der Waals surface area contributed by atoms with Crippen molar-refractivity contribution in [2.45, 2.75) is 63.1 Å². The fourth-order valence-electron chi connectivity index (χ4n) is 9.99. The molecule has 0 aliphatic carbocycles. The number of halogens is 1. The Hall–Kier alpha value is -6.22. The van der Waals surface area contributed by atoms with E-state index in [2.05, 4.69) is 62.7 Å². The molecule has 5 aromatic carbocycles. The van der Waals surface area contributed by atoms with Crippen LogP contribution in [0.25, 0.3) is 22.4 Å². The summed E-state index contributed by atoms with van der Waals surface area (Å²) in [5.74, 6) is -0.295. The van der Waals surface area contributed by atoms with E-state index >= 15 is 0 Å². The highest BCUT2D eigenvalue weighted by Crippen LogP contribution is 2.56. The molecule has 2 unspecified atom stereocenters. The zero-order valence-corrected chi connectivity index (χ0v) is 42.5. The second kappa shape index (κ2) is 21.6. The van der Waals surface area contributed by atoms with Gasteiger partial charge in [-0.1, -0.05) is 54.1 Å². The van der Waals surface area contributed by atoms with Crippen molar-refractivity contribution in [2.24, 2.45) is 0 Å². The van der Waals surface area contributed by atoms with E-state index in [0.717, 1.165) is 98.2 Å². The summed E-state index contributed by atoms with van der Waals surface area (Å²) in [6, 6.07) is 38.1. The molecular weight excluding hydrogens is 957 g/mol. The Balaban J connectivity index is 0.886. The summed E-state index contributed by atoms with van der Waals surface area (Å²) in [7, 11) is -3.82. The molecule has 1 aromatic heterocycles. The molecule has 3 N–H and O–H groups in total. The van der Waals surface area contributed by atoms with Crippen LogP contribution in [0.3, 0.4) is 0 Å². The molecule has 370 valence electrons. The molecule has 17 heteroatoms. The largest absolute Gasteiger partial charge is 0.478 e. The SMILES string of the molecule is Cc1c(C(=O)O)c(-c2cccc(N3CCN(c4ccc(N5C=COP5(=O)c5ccc(NC(CCN6CCC(O)CC6)CSc6ccccc6)c([N+](=O)[O-])c5)cc4)CC3)c2)c(-c2ccc(Cl)cc2)n1C(C)C. The van der Waals surface area contributed by atoms with E-state index in [-0.39, 0.29) is 34.7 Å². The lowest BCUT2D eigenvalue weighted by molar-refractivity contribution is -0.383. The third kappa shape index (κ3) is 10.9. The number of nitro groups is 1. The summed E-state index contributed by atoms with van der Waals surface area (Å²) in [4.78, 5) is 33.2. The van der Waals surface area contributed by atoms with Gasteiger partial charge in [0.15, 0.2) is 0 Å². The molecule has 71 heavy (non-hydrogen) atoms. The first kappa shape index (κ1) is 49.7. The molecule has 0 bridgehead atoms. The van der Waals surface area contributed by atoms with Crippen molar-refractivity contribution in [1.29, 1.82) is 0 Å². The molecule has 0 radical (unpaired) electrons. The number of piperazine rings is 1. The molecule has 0 spiro atoms. The molecular formula is C54H59ClN7O7PS. The minimum Gasteiger partial charge on any atom is -0.478 e. The molecule has 2 atom stereocenters. The normalized spacial score (nSPS) is 18.0. The second-order valence-corrected chi connectivity index (χ2v) is 22.3. The summed E-state index contributed by atoms with van der Waals surface area (Å²) in [6.07, 6.45) is 4.93. The highest BCUT2D eigenvalue weighted by molar-refractivity contribution is 7.99. The standard InChI is InChI=1S/C54H59ClN7O7PS/c1-37(2)61-38(3)51(54(64)65)52(53(61)39-12-14-41(55)15-13-39)40-8-7-9-45(34-40)59-30-28-58(29-31-59)43-16-18-44(19-17-43)60-32-33-69-70(60,68)47-20-21-49(50(35-47)62(66)67)56-42(36-71-48-10-5-4-6-11-48)22-25-57-26-23-46(63)24-27-57/h4-21,32-35,37,42,46,56,63H,22-31,36H2,1-3H3,(H,64,65). The molecule has 2 fully saturated rings. The molecule has 0 saturated carbocycles. The molecule has 9 rings (SSSR count). The van der Waals surface area contributed by atoms with Crippen LogP contribution < -0.4 is 25.1 Å². The summed E-state index contributed by atoms with van der Waals surface area (Å²) in [5.41, 5.74) is 7.01. The first-order valence-corrected chi connectivity index (χ1v) is 27.0. The maximum absolute atomic E-state index is 14.8. The van der Waals surface area contributed by atoms with Crippen LogP contribution in [-0.4, -0.2) is 94.3 Å². The first-order chi connectivity index (χ1) is 34.3. The Kier molecular flexibility index (Phi) is 15.2. The van der Waals surface area contributed by atoms with Crippen molar-refractivity contribution < 1.29 is 29.0 Å². The molecule has 3 aliphatic rings. The van der Waals surface area contributed by atoms with Gasteiger partial charge >= 0.3 is 13.5 Å². The van der Waals surface area contributed by atoms with Gasteiger partial charge in [0, 0.05) is 108 Å². The van der Waals surface area contributed by atoms with Gasteiger partial charge in [-0.2, -0.15) is 0 Å². The highest BCUT2D eigenvalue weighted by atomic mass is 35.5. The van der Waals surface area contributed by atoms with Crippen LogP contribution in [0, 0.1) is 17.0 Å². The number of hydrogen-bond acceptors (Lipinski definition) is 11. The van der Waals surface area contributed by atoms with E-state index in [1.54, 1.807) is 34.8 Å². The number of nitro benzene ring substituents is 1. The topological polar surface area (TPSA) is 157 Å². The van der Waals surface area contributed by atoms with Gasteiger partial charge < -0.3 is 39.3 Å². The van der Waals surface area contributed by atoms with Gasteiger partial charge in [-0.3, -0.25) is 14.8 Å². The monoisotopic (exact) mass is 1020 g/mol. The number of nitrogens with one attached hydrogen (secondary N) is 1. The summed E-state index contributed by atoms with van der Waals surface area (Å²) in [6.45, 7) is 11.3. The number of aliphatic hydroxyl groups excluding tert-OH is 1. The van der Waals surface area contributed by atoms with Crippen LogP contribution in [-0.2, 0) is 9.09 Å². The van der Waals surface area contributed by atoms with Gasteiger partial charge in [0.1, 0.15) is 11.9 Å². The van der Waals surface area contributed by atoms with Crippen molar-refractivity contribution in [2.75, 3.05) is 71.4 Å². The Morgan fingerprint density at radius 2 is 1.54 bits per heavy atom. The zero-order valence-electron chi connectivity index (χ0n) is 40.1. The second-order valence-electron chi connectivity index (χ2n) is 18.5. The number of thioether (sulfide) groups is 1. The van der Waals surface area contributed by atoms with E-state index in [1.807, 2.05) is 85.8 Å². The average Bonchev–Trinajstić information content (AvgIpc) is 3.93. The van der Waals surface area contributed by atoms with E-state index in [4.69, 9.17) is 16.1 Å². The fourth-order valence-corrected chi connectivity index (χ4v) is 13.0. The average molecular weight is 1020 g/mol. The lowest BCUT2D eigenvalue weighted by Crippen LogP contribution is -2.46. The van der Waals surface area contributed by atoms with Crippen LogP contribution >= 0.6 is 30.9 Å². The van der Waals surface area contributed by atoms with E-state index in [9.17, 15) is 29.7 Å². The van der Waals surface area contributed by atoms with Gasteiger partial charge in [0.05, 0.1) is 33.3 Å². The number of benzene rings is 5. The third-order valence-corrected chi connectivity index (χ3v) is 17.4. The van der Waals surface area contributed by atoms with Gasteiger partial charge in [-0.05, 0) is 124 Å². The van der Waals surface area contributed by atoms with Gasteiger partial charge in [0.2, 0.25) is 0 Å². The van der Waals surface area contributed by atoms with Crippen LogP contribution in [0.2, 0.25) is 5.02 Å². The van der Waals surface area contributed by atoms with E-state index < -0.39 is 18.4 Å². The minimum atomic E-state index is -3.82. The lowest BCUT2D eigenvalue weighted by atomic mass is 9.96. The number of anilines is 4. The number of hydrogen-bond donors (Lipinski definition) is 3. The molecule has 4 heterocycles. The van der Waals surface area contributed by atoms with Gasteiger partial charge in [-0.15, -0.1) is 11.8 Å². The number of carbonyl (C=O) groups is 1. The number of piperidine rings is 1. The van der Waals surface area contributed by atoms with Crippen LogP contribution in [0.5, 0.6) is 0 Å². The quantitative estimate of drug-likeness (QED) is 0.0344. The number of rotatable bonds is 17. The Bertz CT molecular complexity index is 2940. The van der Waals surface area contributed by atoms with Crippen molar-refractivity contribution in [3.8, 4) is 22.4 Å². The van der Waals surface area contributed by atoms with Crippen LogP contribution in [0.4, 0.5) is 28.4 Å². The predicted molar refractivity (Wildman–Crippen MR) is 287 cm³/mol. The van der Waals surface area contributed by atoms with Crippen LogP contribution in [0.15, 0.2) is 139 Å². The van der Waals surface area contributed by atoms with Crippen molar-refractivity contribution >= 4 is 70.6 Å². The number of aromatic nitrogens is 1. The van der Waals surface area contributed by atoms with Crippen molar-refractivity contribution in [3.63, 3.8) is 0 Å². The summed E-state index contributed by atoms with van der Waals surface area (Å²) < 4.78 is 24.3. The first-order valence-electron chi connectivity index (χ1n) is 24.1. The molecule has 14 nitrogen and oxygen atoms in total. The smallest absolute Gasteiger partial charge is 0.378 e. The van der Waals surface area contributed by atoms with E-state index in [1.165, 1.54) is 12.3 Å². The van der Waals surface area contributed by atoms with Crippen LogP contribution in [0.1, 0.15) is 55.2 Å². The lowest BCUT2D eigenvalue weighted by Gasteiger charge is -2.37. The van der Waals surface area contributed by atoms with Gasteiger partial charge in [0.25, 0.3) is 5.69 Å². The summed E-state index contributed by atoms with van der Waals surface area (Å²) in [5, 5.41) is 37.6. The Labute approximate surface area is 424 Å². The Morgan fingerprint density at radius 1 is 0.859 bits per heavy atom. The fraction of sp³-hybridized carbons (Fsp3) is 0.315. The number of aliphatic hydroxyl groups is 1. The number of carboxylic acid groups (broad SMARTS) is 1. The maximum Gasteiger partial charge on any atom is 0.378 e. The predicted octanol–water partition coefficient (Wildman–Crippen LogP) is 11.5. The highest BCUT2D eigenvalue weighted by Gasteiger charge is 2.39. The minimum absolute atomic E-state index is 0.0129. The number of likely N-dealkylation sites (tertiary alicyclic amines) is 1.